The van der Waals surface area contributed by atoms with E-state index in [1.165, 1.54) is 38.5 Å². The van der Waals surface area contributed by atoms with Crippen LogP contribution in [0.15, 0.2) is 0 Å². The first kappa shape index (κ1) is 14.0. The highest BCUT2D eigenvalue weighted by Crippen LogP contribution is 2.31. The van der Waals surface area contributed by atoms with Gasteiger partial charge in [0.25, 0.3) is 0 Å². The Morgan fingerprint density at radius 2 is 1.75 bits per heavy atom. The summed E-state index contributed by atoms with van der Waals surface area (Å²) >= 11 is 0. The van der Waals surface area contributed by atoms with Crippen LogP contribution in [0.2, 0.25) is 0 Å². The van der Waals surface area contributed by atoms with Gasteiger partial charge in [-0.2, -0.15) is 0 Å². The van der Waals surface area contributed by atoms with Crippen LogP contribution in [-0.2, 0) is 0 Å². The fraction of sp³-hybridized carbons (Fsp3) is 1.00. The summed E-state index contributed by atoms with van der Waals surface area (Å²) in [7, 11) is 0. The van der Waals surface area contributed by atoms with Crippen molar-refractivity contribution in [2.45, 2.75) is 64.8 Å². The first-order chi connectivity index (χ1) is 7.80. The maximum atomic E-state index is 9.11. The van der Waals surface area contributed by atoms with Gasteiger partial charge in [0.15, 0.2) is 0 Å². The van der Waals surface area contributed by atoms with Crippen LogP contribution in [0.25, 0.3) is 0 Å². The molecule has 16 heavy (non-hydrogen) atoms. The third-order valence-electron chi connectivity index (χ3n) is 4.07. The summed E-state index contributed by atoms with van der Waals surface area (Å²) < 4.78 is 0. The van der Waals surface area contributed by atoms with E-state index in [1.54, 1.807) is 0 Å². The van der Waals surface area contributed by atoms with E-state index in [-0.39, 0.29) is 6.61 Å². The second-order valence-electron chi connectivity index (χ2n) is 5.37. The SMILES string of the molecule is CCCC1CCC(CNC(CC)CO)CC1. The monoisotopic (exact) mass is 227 g/mol. The van der Waals surface area contributed by atoms with Gasteiger partial charge < -0.3 is 10.4 Å². The van der Waals surface area contributed by atoms with Crippen molar-refractivity contribution in [3.63, 3.8) is 0 Å². The molecule has 2 N–H and O–H groups in total. The molecule has 1 rings (SSSR count). The van der Waals surface area contributed by atoms with Gasteiger partial charge in [-0.05, 0) is 37.6 Å². The van der Waals surface area contributed by atoms with Crippen LogP contribution < -0.4 is 5.32 Å². The van der Waals surface area contributed by atoms with E-state index in [9.17, 15) is 0 Å². The summed E-state index contributed by atoms with van der Waals surface area (Å²) in [6.07, 6.45) is 9.43. The Morgan fingerprint density at radius 3 is 2.25 bits per heavy atom. The number of hydrogen-bond acceptors (Lipinski definition) is 2. The normalized spacial score (nSPS) is 27.9. The lowest BCUT2D eigenvalue weighted by Gasteiger charge is -2.29. The summed E-state index contributed by atoms with van der Waals surface area (Å²) in [6, 6.07) is 0.313. The number of nitrogens with one attached hydrogen (secondary N) is 1. The van der Waals surface area contributed by atoms with Gasteiger partial charge in [-0.1, -0.05) is 39.5 Å². The average molecular weight is 227 g/mol. The molecule has 0 heterocycles. The first-order valence-corrected chi connectivity index (χ1v) is 7.14. The van der Waals surface area contributed by atoms with Crippen molar-refractivity contribution in [2.24, 2.45) is 11.8 Å². The molecule has 0 aromatic rings. The number of rotatable bonds is 7. The molecular weight excluding hydrogens is 198 g/mol. The van der Waals surface area contributed by atoms with Crippen molar-refractivity contribution in [1.82, 2.24) is 5.32 Å². The van der Waals surface area contributed by atoms with Gasteiger partial charge in [0.05, 0.1) is 6.61 Å². The van der Waals surface area contributed by atoms with Crippen LogP contribution >= 0.6 is 0 Å². The summed E-state index contributed by atoms with van der Waals surface area (Å²) in [6.45, 7) is 5.81. The number of hydrogen-bond donors (Lipinski definition) is 2. The number of aliphatic hydroxyl groups excluding tert-OH is 1. The average Bonchev–Trinajstić information content (AvgIpc) is 2.33. The molecule has 1 fully saturated rings. The molecule has 0 aromatic carbocycles. The van der Waals surface area contributed by atoms with Crippen LogP contribution in [0.3, 0.4) is 0 Å². The lowest BCUT2D eigenvalue weighted by Crippen LogP contribution is -2.36. The molecule has 2 heteroatoms. The molecule has 0 saturated heterocycles. The van der Waals surface area contributed by atoms with Crippen molar-refractivity contribution in [3.05, 3.63) is 0 Å². The van der Waals surface area contributed by atoms with Crippen LogP contribution in [0.4, 0.5) is 0 Å². The highest BCUT2D eigenvalue weighted by molar-refractivity contribution is 4.75. The standard InChI is InChI=1S/C14H29NO/c1-3-5-12-6-8-13(9-7-12)10-15-14(4-2)11-16/h12-16H,3-11H2,1-2H3. The van der Waals surface area contributed by atoms with Crippen molar-refractivity contribution in [3.8, 4) is 0 Å². The van der Waals surface area contributed by atoms with Gasteiger partial charge in [0.1, 0.15) is 0 Å². The van der Waals surface area contributed by atoms with Crippen molar-refractivity contribution in [2.75, 3.05) is 13.2 Å². The van der Waals surface area contributed by atoms with Gasteiger partial charge in [-0.15, -0.1) is 0 Å². The molecule has 1 atom stereocenters. The van der Waals surface area contributed by atoms with Crippen LogP contribution in [0.1, 0.15) is 58.8 Å². The zero-order valence-corrected chi connectivity index (χ0v) is 11.0. The molecule has 0 aromatic heterocycles. The van der Waals surface area contributed by atoms with Crippen LogP contribution in [-0.4, -0.2) is 24.3 Å². The zero-order chi connectivity index (χ0) is 11.8. The molecular formula is C14H29NO. The second kappa shape index (κ2) is 8.08. The Kier molecular flexibility index (Phi) is 7.06. The lowest BCUT2D eigenvalue weighted by molar-refractivity contribution is 0.213. The fourth-order valence-electron chi connectivity index (χ4n) is 2.80. The lowest BCUT2D eigenvalue weighted by atomic mass is 9.80. The smallest absolute Gasteiger partial charge is 0.0584 e. The molecule has 1 saturated carbocycles. The predicted molar refractivity (Wildman–Crippen MR) is 69.5 cm³/mol. The summed E-state index contributed by atoms with van der Waals surface area (Å²) in [5.74, 6) is 1.86. The highest BCUT2D eigenvalue weighted by atomic mass is 16.3. The Balaban J connectivity index is 2.12. The second-order valence-corrected chi connectivity index (χ2v) is 5.37. The predicted octanol–water partition coefficient (Wildman–Crippen LogP) is 2.95. The molecule has 0 radical (unpaired) electrons. The van der Waals surface area contributed by atoms with E-state index in [0.29, 0.717) is 6.04 Å². The highest BCUT2D eigenvalue weighted by Gasteiger charge is 2.20. The van der Waals surface area contributed by atoms with Crippen LogP contribution in [0.5, 0.6) is 0 Å². The third-order valence-corrected chi connectivity index (χ3v) is 4.07. The fourth-order valence-corrected chi connectivity index (χ4v) is 2.80. The Labute approximate surface area is 101 Å². The van der Waals surface area contributed by atoms with Gasteiger partial charge in [0, 0.05) is 6.04 Å². The van der Waals surface area contributed by atoms with Crippen molar-refractivity contribution >= 4 is 0 Å². The van der Waals surface area contributed by atoms with E-state index in [2.05, 4.69) is 19.2 Å². The molecule has 0 amide bonds. The summed E-state index contributed by atoms with van der Waals surface area (Å²) in [5, 5.41) is 12.6. The molecule has 96 valence electrons. The van der Waals surface area contributed by atoms with E-state index < -0.39 is 0 Å². The summed E-state index contributed by atoms with van der Waals surface area (Å²) in [5.41, 5.74) is 0. The molecule has 2 nitrogen and oxygen atoms in total. The van der Waals surface area contributed by atoms with E-state index in [0.717, 1.165) is 24.8 Å². The van der Waals surface area contributed by atoms with E-state index in [4.69, 9.17) is 5.11 Å². The molecule has 0 aliphatic heterocycles. The summed E-state index contributed by atoms with van der Waals surface area (Å²) in [4.78, 5) is 0. The topological polar surface area (TPSA) is 32.3 Å². The molecule has 1 unspecified atom stereocenters. The Bertz CT molecular complexity index is 160. The van der Waals surface area contributed by atoms with Crippen molar-refractivity contribution in [1.29, 1.82) is 0 Å². The molecule has 1 aliphatic rings. The largest absolute Gasteiger partial charge is 0.395 e. The zero-order valence-electron chi connectivity index (χ0n) is 11.0. The van der Waals surface area contributed by atoms with E-state index in [1.807, 2.05) is 0 Å². The molecule has 1 aliphatic carbocycles. The minimum atomic E-state index is 0.279. The van der Waals surface area contributed by atoms with Crippen LogP contribution in [0, 0.1) is 11.8 Å². The minimum absolute atomic E-state index is 0.279. The molecule has 0 bridgehead atoms. The maximum absolute atomic E-state index is 9.11. The maximum Gasteiger partial charge on any atom is 0.0584 e. The third kappa shape index (κ3) is 4.84. The quantitative estimate of drug-likeness (QED) is 0.701. The van der Waals surface area contributed by atoms with Gasteiger partial charge in [-0.3, -0.25) is 0 Å². The minimum Gasteiger partial charge on any atom is -0.395 e. The van der Waals surface area contributed by atoms with Gasteiger partial charge in [0.2, 0.25) is 0 Å². The van der Waals surface area contributed by atoms with Gasteiger partial charge >= 0.3 is 0 Å². The van der Waals surface area contributed by atoms with E-state index >= 15 is 0 Å². The van der Waals surface area contributed by atoms with Crippen molar-refractivity contribution < 1.29 is 5.11 Å². The Morgan fingerprint density at radius 1 is 1.12 bits per heavy atom. The molecule has 0 spiro atoms. The van der Waals surface area contributed by atoms with Gasteiger partial charge in [-0.25, -0.2) is 0 Å². The number of aliphatic hydroxyl groups is 1. The Hall–Kier alpha value is -0.0800. The first-order valence-electron chi connectivity index (χ1n) is 7.14.